The molecule has 0 aromatic heterocycles. The van der Waals surface area contributed by atoms with Crippen molar-refractivity contribution in [3.63, 3.8) is 0 Å². The molecule has 0 spiro atoms. The van der Waals surface area contributed by atoms with E-state index in [1.807, 2.05) is 0 Å². The smallest absolute Gasteiger partial charge is 0.150 e. The van der Waals surface area contributed by atoms with Gasteiger partial charge in [0.15, 0.2) is 0 Å². The van der Waals surface area contributed by atoms with Gasteiger partial charge in [0.05, 0.1) is 7.11 Å². The molecule has 4 heteroatoms. The molecule has 0 unspecified atom stereocenters. The van der Waals surface area contributed by atoms with Crippen LogP contribution in [0, 0.1) is 5.82 Å². The van der Waals surface area contributed by atoms with Gasteiger partial charge in [0.25, 0.3) is 0 Å². The van der Waals surface area contributed by atoms with Crippen molar-refractivity contribution in [3.8, 4) is 16.9 Å². The monoisotopic (exact) mass is 264 g/mol. The van der Waals surface area contributed by atoms with Gasteiger partial charge in [-0.25, -0.2) is 4.39 Å². The third kappa shape index (κ3) is 2.36. The number of halogens is 2. The van der Waals surface area contributed by atoms with Crippen molar-refractivity contribution in [2.24, 2.45) is 0 Å². The largest absolute Gasteiger partial charge is 0.496 e. The van der Waals surface area contributed by atoms with Gasteiger partial charge < -0.3 is 4.74 Å². The Morgan fingerprint density at radius 3 is 2.61 bits per heavy atom. The molecule has 0 aliphatic carbocycles. The SMILES string of the molecule is COc1ccc(Cl)cc1-c1cc(C=O)ccc1F. The summed E-state index contributed by atoms with van der Waals surface area (Å²) < 4.78 is 19.0. The van der Waals surface area contributed by atoms with E-state index >= 15 is 0 Å². The highest BCUT2D eigenvalue weighted by molar-refractivity contribution is 6.31. The average Bonchev–Trinajstić information content (AvgIpc) is 2.39. The molecule has 2 aromatic carbocycles. The van der Waals surface area contributed by atoms with Gasteiger partial charge >= 0.3 is 0 Å². The summed E-state index contributed by atoms with van der Waals surface area (Å²) in [5, 5.41) is 0.474. The summed E-state index contributed by atoms with van der Waals surface area (Å²) in [5.41, 5.74) is 1.21. The maximum Gasteiger partial charge on any atom is 0.150 e. The molecule has 0 radical (unpaired) electrons. The summed E-state index contributed by atoms with van der Waals surface area (Å²) in [6.07, 6.45) is 0.667. The van der Waals surface area contributed by atoms with Gasteiger partial charge in [0.2, 0.25) is 0 Å². The third-order valence-electron chi connectivity index (χ3n) is 2.58. The number of methoxy groups -OCH3 is 1. The van der Waals surface area contributed by atoms with Crippen molar-refractivity contribution < 1.29 is 13.9 Å². The van der Waals surface area contributed by atoms with E-state index in [1.165, 1.54) is 25.3 Å². The first-order chi connectivity index (χ1) is 8.65. The van der Waals surface area contributed by atoms with Gasteiger partial charge in [0, 0.05) is 21.7 Å². The lowest BCUT2D eigenvalue weighted by molar-refractivity contribution is 0.112. The summed E-state index contributed by atoms with van der Waals surface area (Å²) in [7, 11) is 1.49. The van der Waals surface area contributed by atoms with Crippen LogP contribution < -0.4 is 4.74 Å². The van der Waals surface area contributed by atoms with Crippen molar-refractivity contribution in [2.45, 2.75) is 0 Å². The summed E-state index contributed by atoms with van der Waals surface area (Å²) in [4.78, 5) is 10.7. The molecule has 0 aliphatic heterocycles. The number of carbonyl (C=O) groups excluding carboxylic acids is 1. The van der Waals surface area contributed by atoms with Crippen LogP contribution in [-0.4, -0.2) is 13.4 Å². The van der Waals surface area contributed by atoms with Crippen LogP contribution in [0.4, 0.5) is 4.39 Å². The molecule has 2 nitrogen and oxygen atoms in total. The van der Waals surface area contributed by atoms with Gasteiger partial charge in [-0.1, -0.05) is 11.6 Å². The number of aldehydes is 1. The second-order valence-corrected chi connectivity index (χ2v) is 4.14. The second-order valence-electron chi connectivity index (χ2n) is 3.70. The van der Waals surface area contributed by atoms with E-state index in [0.717, 1.165) is 0 Å². The van der Waals surface area contributed by atoms with Gasteiger partial charge in [0.1, 0.15) is 17.9 Å². The summed E-state index contributed by atoms with van der Waals surface area (Å²) in [6.45, 7) is 0. The topological polar surface area (TPSA) is 26.3 Å². The van der Waals surface area contributed by atoms with Crippen LogP contribution in [0.25, 0.3) is 11.1 Å². The quantitative estimate of drug-likeness (QED) is 0.784. The number of benzene rings is 2. The van der Waals surface area contributed by atoms with Crippen LogP contribution in [0.15, 0.2) is 36.4 Å². The molecule has 0 atom stereocenters. The molecule has 0 bridgehead atoms. The molecule has 0 aliphatic rings. The Morgan fingerprint density at radius 1 is 1.17 bits per heavy atom. The van der Waals surface area contributed by atoms with E-state index in [-0.39, 0.29) is 0 Å². The van der Waals surface area contributed by atoms with Crippen molar-refractivity contribution in [1.29, 1.82) is 0 Å². The van der Waals surface area contributed by atoms with Gasteiger partial charge in [-0.15, -0.1) is 0 Å². The Hall–Kier alpha value is -1.87. The molecule has 0 fully saturated rings. The number of hydrogen-bond donors (Lipinski definition) is 0. The Bertz CT molecular complexity index is 596. The fraction of sp³-hybridized carbons (Fsp3) is 0.0714. The lowest BCUT2D eigenvalue weighted by Crippen LogP contribution is -1.92. The maximum absolute atomic E-state index is 13.8. The number of rotatable bonds is 3. The van der Waals surface area contributed by atoms with Gasteiger partial charge in [-0.3, -0.25) is 4.79 Å². The van der Waals surface area contributed by atoms with E-state index in [1.54, 1.807) is 18.2 Å². The Labute approximate surface area is 109 Å². The summed E-state index contributed by atoms with van der Waals surface area (Å²) in [6, 6.07) is 9.06. The first-order valence-electron chi connectivity index (χ1n) is 5.24. The molecule has 18 heavy (non-hydrogen) atoms. The van der Waals surface area contributed by atoms with Gasteiger partial charge in [-0.05, 0) is 36.4 Å². The highest BCUT2D eigenvalue weighted by atomic mass is 35.5. The second kappa shape index (κ2) is 5.19. The predicted molar refractivity (Wildman–Crippen MR) is 68.8 cm³/mol. The van der Waals surface area contributed by atoms with Crippen LogP contribution >= 0.6 is 11.6 Å². The van der Waals surface area contributed by atoms with Gasteiger partial charge in [-0.2, -0.15) is 0 Å². The molecule has 2 rings (SSSR count). The first-order valence-corrected chi connectivity index (χ1v) is 5.62. The zero-order valence-corrected chi connectivity index (χ0v) is 10.4. The van der Waals surface area contributed by atoms with Crippen LogP contribution in [0.5, 0.6) is 5.75 Å². The minimum Gasteiger partial charge on any atom is -0.496 e. The minimum absolute atomic E-state index is 0.291. The van der Waals surface area contributed by atoms with E-state index < -0.39 is 5.82 Å². The van der Waals surface area contributed by atoms with Crippen LogP contribution in [0.1, 0.15) is 10.4 Å². The molecule has 0 amide bonds. The molecular weight excluding hydrogens is 255 g/mol. The molecular formula is C14H10ClFO2. The first kappa shape index (κ1) is 12.6. The maximum atomic E-state index is 13.8. The van der Waals surface area contributed by atoms with Crippen molar-refractivity contribution in [1.82, 2.24) is 0 Å². The Kier molecular flexibility index (Phi) is 3.63. The van der Waals surface area contributed by atoms with Crippen LogP contribution in [0.2, 0.25) is 5.02 Å². The summed E-state index contributed by atoms with van der Waals surface area (Å²) in [5.74, 6) is 0.0718. The van der Waals surface area contributed by atoms with Crippen LogP contribution in [0.3, 0.4) is 0 Å². The molecule has 0 heterocycles. The summed E-state index contributed by atoms with van der Waals surface area (Å²) >= 11 is 5.90. The lowest BCUT2D eigenvalue weighted by Gasteiger charge is -2.10. The average molecular weight is 265 g/mol. The standard InChI is InChI=1S/C14H10ClFO2/c1-18-14-5-3-10(15)7-12(14)11-6-9(8-17)2-4-13(11)16/h2-8H,1H3. The van der Waals surface area contributed by atoms with E-state index in [4.69, 9.17) is 16.3 Å². The Balaban J connectivity index is 2.67. The molecule has 0 saturated carbocycles. The number of ether oxygens (including phenoxy) is 1. The molecule has 0 saturated heterocycles. The van der Waals surface area contributed by atoms with Crippen LogP contribution in [-0.2, 0) is 0 Å². The normalized spacial score (nSPS) is 10.2. The number of carbonyl (C=O) groups is 1. The van der Waals surface area contributed by atoms with Crippen molar-refractivity contribution >= 4 is 17.9 Å². The molecule has 2 aromatic rings. The van der Waals surface area contributed by atoms with E-state index in [0.29, 0.717) is 33.7 Å². The lowest BCUT2D eigenvalue weighted by atomic mass is 10.0. The highest BCUT2D eigenvalue weighted by Gasteiger charge is 2.12. The fourth-order valence-electron chi connectivity index (χ4n) is 1.71. The predicted octanol–water partition coefficient (Wildman–Crippen LogP) is 3.97. The molecule has 0 N–H and O–H groups in total. The third-order valence-corrected chi connectivity index (χ3v) is 2.81. The number of hydrogen-bond acceptors (Lipinski definition) is 2. The zero-order valence-electron chi connectivity index (χ0n) is 9.61. The minimum atomic E-state index is -0.429. The van der Waals surface area contributed by atoms with Crippen molar-refractivity contribution in [2.75, 3.05) is 7.11 Å². The Morgan fingerprint density at radius 2 is 1.94 bits per heavy atom. The zero-order chi connectivity index (χ0) is 13.1. The van der Waals surface area contributed by atoms with Crippen molar-refractivity contribution in [3.05, 3.63) is 52.8 Å². The molecule has 92 valence electrons. The fourth-order valence-corrected chi connectivity index (χ4v) is 1.89. The van der Waals surface area contributed by atoms with E-state index in [2.05, 4.69) is 0 Å². The van der Waals surface area contributed by atoms with E-state index in [9.17, 15) is 9.18 Å². The highest BCUT2D eigenvalue weighted by Crippen LogP contribution is 2.34.